The second kappa shape index (κ2) is 7.15. The number of nitrogens with one attached hydrogen (secondary N) is 1. The third-order valence-electron chi connectivity index (χ3n) is 5.10. The average Bonchev–Trinajstić information content (AvgIpc) is 3.31. The van der Waals surface area contributed by atoms with Crippen LogP contribution in [0.3, 0.4) is 0 Å². The van der Waals surface area contributed by atoms with Crippen LogP contribution in [0.2, 0.25) is 0 Å². The van der Waals surface area contributed by atoms with Crippen LogP contribution < -0.4 is 5.32 Å². The molecule has 25 heavy (non-hydrogen) atoms. The molecule has 2 aliphatic rings. The van der Waals surface area contributed by atoms with Crippen molar-refractivity contribution >= 4 is 21.7 Å². The number of hydrogen-bond donors (Lipinski definition) is 1. The molecule has 0 aromatic heterocycles. The van der Waals surface area contributed by atoms with Gasteiger partial charge in [0, 0.05) is 19.6 Å². The minimum atomic E-state index is -3.02. The first kappa shape index (κ1) is 17.9. The molecule has 7 heteroatoms. The highest BCUT2D eigenvalue weighted by Gasteiger charge is 2.50. The van der Waals surface area contributed by atoms with Crippen LogP contribution >= 0.6 is 0 Å². The lowest BCUT2D eigenvalue weighted by atomic mass is 10.1. The summed E-state index contributed by atoms with van der Waals surface area (Å²) in [6, 6.07) is 9.66. The number of hydrogen-bond acceptors (Lipinski definition) is 4. The number of carbonyl (C=O) groups is 2. The van der Waals surface area contributed by atoms with Gasteiger partial charge in [0.15, 0.2) is 9.84 Å². The van der Waals surface area contributed by atoms with Crippen LogP contribution in [-0.2, 0) is 25.8 Å². The molecule has 3 unspecified atom stereocenters. The fraction of sp³-hybridized carbons (Fsp3) is 0.556. The maximum absolute atomic E-state index is 12.5. The van der Waals surface area contributed by atoms with Crippen LogP contribution in [0, 0.1) is 11.8 Å². The quantitative estimate of drug-likeness (QED) is 0.802. The summed E-state index contributed by atoms with van der Waals surface area (Å²) < 4.78 is 23.1. The van der Waals surface area contributed by atoms with E-state index >= 15 is 0 Å². The first-order valence-electron chi connectivity index (χ1n) is 8.66. The lowest BCUT2D eigenvalue weighted by molar-refractivity contribution is -0.135. The van der Waals surface area contributed by atoms with E-state index in [9.17, 15) is 18.0 Å². The van der Waals surface area contributed by atoms with Crippen LogP contribution in [-0.4, -0.2) is 56.3 Å². The van der Waals surface area contributed by atoms with Gasteiger partial charge in [0.25, 0.3) is 0 Å². The number of rotatable bonds is 6. The molecule has 0 spiro atoms. The third kappa shape index (κ3) is 4.39. The summed E-state index contributed by atoms with van der Waals surface area (Å²) in [6.07, 6.45) is 1.81. The van der Waals surface area contributed by atoms with Gasteiger partial charge in [-0.25, -0.2) is 8.42 Å². The van der Waals surface area contributed by atoms with Gasteiger partial charge in [0.2, 0.25) is 11.8 Å². The highest BCUT2D eigenvalue weighted by Crippen LogP contribution is 2.40. The third-order valence-corrected chi connectivity index (χ3v) is 6.85. The molecular weight excluding hydrogens is 340 g/mol. The Morgan fingerprint density at radius 1 is 1.20 bits per heavy atom. The molecule has 6 nitrogen and oxygen atoms in total. The molecule has 2 fully saturated rings. The summed E-state index contributed by atoms with van der Waals surface area (Å²) in [5, 5.41) is 2.89. The summed E-state index contributed by atoms with van der Waals surface area (Å²) in [5.74, 6) is -0.583. The second-order valence-corrected chi connectivity index (χ2v) is 9.21. The molecule has 3 rings (SSSR count). The van der Waals surface area contributed by atoms with Gasteiger partial charge in [0.1, 0.15) is 0 Å². The Morgan fingerprint density at radius 2 is 1.92 bits per heavy atom. The van der Waals surface area contributed by atoms with Crippen LogP contribution in [0.25, 0.3) is 0 Å². The molecule has 1 aromatic carbocycles. The summed E-state index contributed by atoms with van der Waals surface area (Å²) in [5.41, 5.74) is 1.16. The lowest BCUT2D eigenvalue weighted by Gasteiger charge is -2.23. The zero-order valence-corrected chi connectivity index (χ0v) is 15.2. The summed E-state index contributed by atoms with van der Waals surface area (Å²) in [7, 11) is -1.37. The normalized spacial score (nSPS) is 26.8. The van der Waals surface area contributed by atoms with E-state index in [1.54, 1.807) is 7.05 Å². The monoisotopic (exact) mass is 364 g/mol. The Morgan fingerprint density at radius 3 is 2.56 bits per heavy atom. The Bertz CT molecular complexity index is 748. The van der Waals surface area contributed by atoms with Crippen LogP contribution in [0.5, 0.6) is 0 Å². The molecule has 1 heterocycles. The van der Waals surface area contributed by atoms with Gasteiger partial charge in [-0.1, -0.05) is 30.3 Å². The molecule has 3 atom stereocenters. The van der Waals surface area contributed by atoms with Crippen LogP contribution in [0.4, 0.5) is 0 Å². The maximum atomic E-state index is 12.5. The SMILES string of the molecule is CN(C(=O)C1CC1C(=O)NCCc1ccccc1)C1CCS(=O)(=O)C1. The molecule has 1 N–H and O–H groups in total. The average molecular weight is 364 g/mol. The van der Waals surface area contributed by atoms with Gasteiger partial charge in [-0.2, -0.15) is 0 Å². The van der Waals surface area contributed by atoms with Gasteiger partial charge in [-0.3, -0.25) is 9.59 Å². The molecular formula is C18H24N2O4S. The van der Waals surface area contributed by atoms with Crippen molar-refractivity contribution in [2.45, 2.75) is 25.3 Å². The van der Waals surface area contributed by atoms with E-state index in [4.69, 9.17) is 0 Å². The van der Waals surface area contributed by atoms with Crippen molar-refractivity contribution in [3.05, 3.63) is 35.9 Å². The number of benzene rings is 1. The molecule has 2 amide bonds. The second-order valence-electron chi connectivity index (χ2n) is 6.98. The predicted molar refractivity (Wildman–Crippen MR) is 94.6 cm³/mol. The molecule has 1 aliphatic heterocycles. The van der Waals surface area contributed by atoms with Gasteiger partial charge < -0.3 is 10.2 Å². The highest BCUT2D eigenvalue weighted by molar-refractivity contribution is 7.91. The van der Waals surface area contributed by atoms with E-state index in [1.807, 2.05) is 30.3 Å². The molecule has 136 valence electrons. The van der Waals surface area contributed by atoms with E-state index < -0.39 is 9.84 Å². The Kier molecular flexibility index (Phi) is 5.13. The van der Waals surface area contributed by atoms with Crippen molar-refractivity contribution in [2.75, 3.05) is 25.1 Å². The number of amides is 2. The van der Waals surface area contributed by atoms with Gasteiger partial charge in [0.05, 0.1) is 23.3 Å². The fourth-order valence-electron chi connectivity index (χ4n) is 3.39. The smallest absolute Gasteiger partial charge is 0.226 e. The zero-order valence-electron chi connectivity index (χ0n) is 14.3. The van der Waals surface area contributed by atoms with Gasteiger partial charge >= 0.3 is 0 Å². The van der Waals surface area contributed by atoms with Crippen LogP contribution in [0.15, 0.2) is 30.3 Å². The zero-order chi connectivity index (χ0) is 18.0. The molecule has 0 radical (unpaired) electrons. The van der Waals surface area contributed by atoms with E-state index in [0.717, 1.165) is 12.0 Å². The van der Waals surface area contributed by atoms with Crippen molar-refractivity contribution in [3.63, 3.8) is 0 Å². The van der Waals surface area contributed by atoms with E-state index in [1.165, 1.54) is 4.90 Å². The predicted octanol–water partition coefficient (Wildman–Crippen LogP) is 0.627. The number of sulfone groups is 1. The molecule has 0 bridgehead atoms. The van der Waals surface area contributed by atoms with Gasteiger partial charge in [-0.15, -0.1) is 0 Å². The summed E-state index contributed by atoms with van der Waals surface area (Å²) in [4.78, 5) is 26.2. The summed E-state index contributed by atoms with van der Waals surface area (Å²) in [6.45, 7) is 0.553. The highest BCUT2D eigenvalue weighted by atomic mass is 32.2. The van der Waals surface area contributed by atoms with E-state index in [2.05, 4.69) is 5.32 Å². The molecule has 1 saturated heterocycles. The van der Waals surface area contributed by atoms with Crippen molar-refractivity contribution < 1.29 is 18.0 Å². The maximum Gasteiger partial charge on any atom is 0.226 e. The van der Waals surface area contributed by atoms with E-state index in [-0.39, 0.29) is 41.2 Å². The first-order valence-corrected chi connectivity index (χ1v) is 10.5. The van der Waals surface area contributed by atoms with Crippen molar-refractivity contribution in [2.24, 2.45) is 11.8 Å². The number of carbonyl (C=O) groups excluding carboxylic acids is 2. The van der Waals surface area contributed by atoms with E-state index in [0.29, 0.717) is 19.4 Å². The number of nitrogens with zero attached hydrogens (tertiary/aromatic N) is 1. The van der Waals surface area contributed by atoms with Crippen molar-refractivity contribution in [1.82, 2.24) is 10.2 Å². The van der Waals surface area contributed by atoms with Gasteiger partial charge in [-0.05, 0) is 24.8 Å². The minimum absolute atomic E-state index is 0.0376. The Labute approximate surface area is 148 Å². The standard InChI is InChI=1S/C18H24N2O4S/c1-20(14-8-10-25(23,24)12-14)18(22)16-11-15(16)17(21)19-9-7-13-5-3-2-4-6-13/h2-6,14-16H,7-12H2,1H3,(H,19,21). The molecule has 1 saturated carbocycles. The molecule has 1 aromatic rings. The topological polar surface area (TPSA) is 83.6 Å². The fourth-order valence-corrected chi connectivity index (χ4v) is 5.16. The lowest BCUT2D eigenvalue weighted by Crippen LogP contribution is -2.39. The minimum Gasteiger partial charge on any atom is -0.356 e. The molecule has 1 aliphatic carbocycles. The first-order chi connectivity index (χ1) is 11.9. The van der Waals surface area contributed by atoms with Crippen molar-refractivity contribution in [1.29, 1.82) is 0 Å². The largest absolute Gasteiger partial charge is 0.356 e. The Balaban J connectivity index is 1.43. The summed E-state index contributed by atoms with van der Waals surface area (Å²) >= 11 is 0. The van der Waals surface area contributed by atoms with Crippen molar-refractivity contribution in [3.8, 4) is 0 Å². The van der Waals surface area contributed by atoms with Crippen LogP contribution in [0.1, 0.15) is 18.4 Å². The Hall–Kier alpha value is -1.89.